The lowest BCUT2D eigenvalue weighted by Crippen LogP contribution is -2.44. The number of carbonyl (C=O) groups is 1. The first-order chi connectivity index (χ1) is 11.8. The van der Waals surface area contributed by atoms with Crippen LogP contribution in [-0.4, -0.2) is 19.9 Å². The first-order valence-electron chi connectivity index (χ1n) is 8.77. The van der Waals surface area contributed by atoms with Gasteiger partial charge in [0.1, 0.15) is 0 Å². The molecule has 0 saturated heterocycles. The number of carbonyl (C=O) groups excluding carboxylic acids is 1. The molecule has 0 bridgehead atoms. The molecule has 132 valence electrons. The summed E-state index contributed by atoms with van der Waals surface area (Å²) in [5, 5.41) is 0. The smallest absolute Gasteiger partial charge is 0.207 e. The summed E-state index contributed by atoms with van der Waals surface area (Å²) in [6.45, 7) is 8.47. The summed E-state index contributed by atoms with van der Waals surface area (Å²) in [5.74, 6) is 0.330. The Labute approximate surface area is 151 Å². The highest BCUT2D eigenvalue weighted by atomic mass is 16.1. The normalized spacial score (nSPS) is 11.3. The highest BCUT2D eigenvalue weighted by molar-refractivity contribution is 5.78. The molecule has 25 heavy (non-hydrogen) atoms. The molecule has 0 amide bonds. The van der Waals surface area contributed by atoms with E-state index in [1.54, 1.807) is 0 Å². The Bertz CT molecular complexity index is 748. The SMILES string of the molecule is Cc1cc(/C=C/c2ccc(N(C)C)cc2)cc(C)[n+]1CC(=O)C(C)C. The first kappa shape index (κ1) is 18.9. The van der Waals surface area contributed by atoms with E-state index in [9.17, 15) is 4.79 Å². The van der Waals surface area contributed by atoms with E-state index in [1.807, 2.05) is 27.9 Å². The van der Waals surface area contributed by atoms with Crippen LogP contribution in [0.2, 0.25) is 0 Å². The van der Waals surface area contributed by atoms with Crippen molar-refractivity contribution in [2.24, 2.45) is 5.92 Å². The van der Waals surface area contributed by atoms with Crippen molar-refractivity contribution in [3.05, 3.63) is 58.9 Å². The number of anilines is 1. The third-order valence-corrected chi connectivity index (χ3v) is 4.44. The molecule has 0 unspecified atom stereocenters. The Balaban J connectivity index is 2.19. The number of benzene rings is 1. The van der Waals surface area contributed by atoms with E-state index in [0.717, 1.165) is 17.0 Å². The van der Waals surface area contributed by atoms with Crippen LogP contribution in [0.15, 0.2) is 36.4 Å². The third kappa shape index (κ3) is 5.02. The van der Waals surface area contributed by atoms with Gasteiger partial charge < -0.3 is 4.90 Å². The summed E-state index contributed by atoms with van der Waals surface area (Å²) in [6.07, 6.45) is 4.25. The molecule has 1 aromatic carbocycles. The molecule has 0 radical (unpaired) electrons. The topological polar surface area (TPSA) is 24.2 Å². The highest BCUT2D eigenvalue weighted by Gasteiger charge is 2.18. The van der Waals surface area contributed by atoms with Crippen molar-refractivity contribution in [1.82, 2.24) is 0 Å². The van der Waals surface area contributed by atoms with E-state index < -0.39 is 0 Å². The molecule has 0 atom stereocenters. The van der Waals surface area contributed by atoms with Gasteiger partial charge in [-0.15, -0.1) is 0 Å². The fraction of sp³-hybridized carbons (Fsp3) is 0.364. The van der Waals surface area contributed by atoms with Crippen molar-refractivity contribution < 1.29 is 9.36 Å². The molecule has 0 aliphatic carbocycles. The summed E-state index contributed by atoms with van der Waals surface area (Å²) in [5.41, 5.74) is 5.74. The standard InChI is InChI=1S/C22H29N2O/c1-16(2)22(25)15-24-17(3)13-20(14-18(24)4)8-7-19-9-11-21(12-10-19)23(5)6/h7-14,16H,15H2,1-6H3/q+1. The van der Waals surface area contributed by atoms with Crippen LogP contribution in [0.3, 0.4) is 0 Å². The molecule has 2 aromatic rings. The van der Waals surface area contributed by atoms with Gasteiger partial charge in [-0.2, -0.15) is 4.57 Å². The van der Waals surface area contributed by atoms with Crippen molar-refractivity contribution in [1.29, 1.82) is 0 Å². The van der Waals surface area contributed by atoms with Gasteiger partial charge in [0, 0.05) is 51.7 Å². The van der Waals surface area contributed by atoms with Crippen LogP contribution in [0.5, 0.6) is 0 Å². The summed E-state index contributed by atoms with van der Waals surface area (Å²) >= 11 is 0. The minimum Gasteiger partial charge on any atom is -0.378 e. The monoisotopic (exact) mass is 337 g/mol. The molecule has 1 heterocycles. The van der Waals surface area contributed by atoms with Gasteiger partial charge in [0.15, 0.2) is 17.2 Å². The lowest BCUT2D eigenvalue weighted by Gasteiger charge is -2.11. The van der Waals surface area contributed by atoms with Crippen molar-refractivity contribution in [3.63, 3.8) is 0 Å². The van der Waals surface area contributed by atoms with E-state index in [1.165, 1.54) is 11.3 Å². The predicted molar refractivity (Wildman–Crippen MR) is 106 cm³/mol. The van der Waals surface area contributed by atoms with Crippen molar-refractivity contribution in [3.8, 4) is 0 Å². The number of hydrogen-bond acceptors (Lipinski definition) is 2. The van der Waals surface area contributed by atoms with Gasteiger partial charge in [0.25, 0.3) is 0 Å². The molecule has 0 saturated carbocycles. The summed E-state index contributed by atoms with van der Waals surface area (Å²) in [6, 6.07) is 12.7. The van der Waals surface area contributed by atoms with Crippen molar-refractivity contribution >= 4 is 23.6 Å². The molecular formula is C22H29N2O+. The van der Waals surface area contributed by atoms with Crippen LogP contribution in [-0.2, 0) is 11.3 Å². The number of pyridine rings is 1. The van der Waals surface area contributed by atoms with Crippen LogP contribution >= 0.6 is 0 Å². The Morgan fingerprint density at radius 3 is 2.00 bits per heavy atom. The van der Waals surface area contributed by atoms with Crippen molar-refractivity contribution in [2.75, 3.05) is 19.0 Å². The molecule has 0 spiro atoms. The van der Waals surface area contributed by atoms with E-state index in [0.29, 0.717) is 6.54 Å². The lowest BCUT2D eigenvalue weighted by molar-refractivity contribution is -0.696. The van der Waals surface area contributed by atoms with E-state index in [-0.39, 0.29) is 11.7 Å². The van der Waals surface area contributed by atoms with Gasteiger partial charge in [-0.1, -0.05) is 38.1 Å². The van der Waals surface area contributed by atoms with Gasteiger partial charge >= 0.3 is 0 Å². The van der Waals surface area contributed by atoms with E-state index >= 15 is 0 Å². The third-order valence-electron chi connectivity index (χ3n) is 4.44. The predicted octanol–water partition coefficient (Wildman–Crippen LogP) is 4.05. The van der Waals surface area contributed by atoms with Gasteiger partial charge in [0.05, 0.1) is 0 Å². The van der Waals surface area contributed by atoms with E-state index in [2.05, 4.69) is 71.9 Å². The molecule has 2 rings (SSSR count). The molecule has 1 aromatic heterocycles. The Morgan fingerprint density at radius 2 is 1.52 bits per heavy atom. The number of Topliss-reactive ketones (excluding diaryl/α,β-unsaturated/α-hetero) is 1. The van der Waals surface area contributed by atoms with Crippen LogP contribution in [0, 0.1) is 19.8 Å². The highest BCUT2D eigenvalue weighted by Crippen LogP contribution is 2.15. The zero-order chi connectivity index (χ0) is 18.6. The van der Waals surface area contributed by atoms with Crippen LogP contribution < -0.4 is 9.47 Å². The largest absolute Gasteiger partial charge is 0.378 e. The van der Waals surface area contributed by atoms with Gasteiger partial charge in [-0.25, -0.2) is 0 Å². The molecule has 3 heteroatoms. The van der Waals surface area contributed by atoms with Crippen LogP contribution in [0.1, 0.15) is 36.4 Å². The molecule has 0 aliphatic heterocycles. The zero-order valence-electron chi connectivity index (χ0n) is 16.2. The molecule has 0 N–H and O–H groups in total. The van der Waals surface area contributed by atoms with Gasteiger partial charge in [-0.05, 0) is 23.3 Å². The lowest BCUT2D eigenvalue weighted by atomic mass is 10.1. The Kier molecular flexibility index (Phi) is 6.13. The summed E-state index contributed by atoms with van der Waals surface area (Å²) in [4.78, 5) is 14.1. The first-order valence-corrected chi connectivity index (χ1v) is 8.77. The number of aryl methyl sites for hydroxylation is 2. The number of aromatic nitrogens is 1. The molecule has 0 aliphatic rings. The fourth-order valence-corrected chi connectivity index (χ4v) is 2.72. The second kappa shape index (κ2) is 8.11. The quantitative estimate of drug-likeness (QED) is 0.743. The Hall–Kier alpha value is -2.42. The maximum atomic E-state index is 12.0. The number of rotatable bonds is 6. The summed E-state index contributed by atoms with van der Waals surface area (Å²) in [7, 11) is 4.08. The second-order valence-electron chi connectivity index (χ2n) is 7.10. The maximum Gasteiger partial charge on any atom is 0.207 e. The summed E-state index contributed by atoms with van der Waals surface area (Å²) < 4.78 is 2.09. The number of ketones is 1. The van der Waals surface area contributed by atoms with Crippen molar-refractivity contribution in [2.45, 2.75) is 34.2 Å². The van der Waals surface area contributed by atoms with Gasteiger partial charge in [-0.3, -0.25) is 4.79 Å². The minimum atomic E-state index is 0.0657. The van der Waals surface area contributed by atoms with E-state index in [4.69, 9.17) is 0 Å². The second-order valence-corrected chi connectivity index (χ2v) is 7.10. The van der Waals surface area contributed by atoms with Crippen LogP contribution in [0.4, 0.5) is 5.69 Å². The molecule has 3 nitrogen and oxygen atoms in total. The molecule has 0 fully saturated rings. The molecular weight excluding hydrogens is 308 g/mol. The Morgan fingerprint density at radius 1 is 1.00 bits per heavy atom. The number of hydrogen-bond donors (Lipinski definition) is 0. The average Bonchev–Trinajstić information content (AvgIpc) is 2.56. The zero-order valence-corrected chi connectivity index (χ0v) is 16.2. The average molecular weight is 337 g/mol. The van der Waals surface area contributed by atoms with Crippen LogP contribution in [0.25, 0.3) is 12.2 Å². The fourth-order valence-electron chi connectivity index (χ4n) is 2.72. The maximum absolute atomic E-state index is 12.0. The van der Waals surface area contributed by atoms with Gasteiger partial charge in [0.2, 0.25) is 6.54 Å². The number of nitrogens with zero attached hydrogens (tertiary/aromatic N) is 2. The minimum absolute atomic E-state index is 0.0657.